The summed E-state index contributed by atoms with van der Waals surface area (Å²) in [6, 6.07) is 13.5. The zero-order valence-electron chi connectivity index (χ0n) is 13.3. The Bertz CT molecular complexity index is 785. The van der Waals surface area contributed by atoms with Gasteiger partial charge in [0, 0.05) is 16.1 Å². The zero-order chi connectivity index (χ0) is 20.6. The Kier molecular flexibility index (Phi) is 10.2. The summed E-state index contributed by atoms with van der Waals surface area (Å²) < 4.78 is 0. The lowest BCUT2D eigenvalue weighted by atomic mass is 10.3. The topological polar surface area (TPSA) is 60.7 Å². The number of hydrogen-bond donors (Lipinski definition) is 3. The van der Waals surface area contributed by atoms with Crippen molar-refractivity contribution in [2.75, 3.05) is 0 Å². The molecule has 0 atom stereocenters. The predicted octanol–water partition coefficient (Wildman–Crippen LogP) is 8.10. The van der Waals surface area contributed by atoms with E-state index in [4.69, 9.17) is 84.9 Å². The number of halogens is 6. The lowest BCUT2D eigenvalue weighted by molar-refractivity contribution is 0.475. The van der Waals surface area contributed by atoms with E-state index in [1.807, 2.05) is 0 Å². The van der Waals surface area contributed by atoms with Gasteiger partial charge in [-0.25, -0.2) is 0 Å². The first-order chi connectivity index (χ1) is 12.6. The average Bonchev–Trinajstić information content (AvgIpc) is 2.60. The molecule has 0 aliphatic heterocycles. The van der Waals surface area contributed by atoms with Crippen LogP contribution in [0, 0.1) is 0 Å². The molecule has 3 aromatic rings. The third-order valence-electron chi connectivity index (χ3n) is 2.72. The maximum Gasteiger partial charge on any atom is 0.135 e. The van der Waals surface area contributed by atoms with Crippen LogP contribution < -0.4 is 0 Å². The summed E-state index contributed by atoms with van der Waals surface area (Å²) in [6.45, 7) is 0. The molecule has 3 rings (SSSR count). The molecule has 0 spiro atoms. The lowest BCUT2D eigenvalue weighted by Crippen LogP contribution is -1.66. The summed E-state index contributed by atoms with van der Waals surface area (Å²) in [5.41, 5.74) is 0. The van der Waals surface area contributed by atoms with Crippen molar-refractivity contribution in [1.82, 2.24) is 0 Å². The molecule has 0 heterocycles. The molecule has 0 aromatic heterocycles. The van der Waals surface area contributed by atoms with Crippen molar-refractivity contribution in [3.8, 4) is 17.2 Å². The highest BCUT2D eigenvalue weighted by atomic mass is 35.5. The van der Waals surface area contributed by atoms with Gasteiger partial charge in [-0.1, -0.05) is 69.6 Å². The molecular weight excluding hydrogens is 477 g/mol. The summed E-state index contributed by atoms with van der Waals surface area (Å²) in [7, 11) is 0. The molecule has 0 unspecified atom stereocenters. The first-order valence-electron chi connectivity index (χ1n) is 7.02. The van der Waals surface area contributed by atoms with Gasteiger partial charge in [0.2, 0.25) is 0 Å². The van der Waals surface area contributed by atoms with E-state index in [9.17, 15) is 0 Å². The van der Waals surface area contributed by atoms with Crippen molar-refractivity contribution in [2.24, 2.45) is 0 Å². The largest absolute Gasteiger partial charge is 0.508 e. The van der Waals surface area contributed by atoms with E-state index < -0.39 is 0 Å². The van der Waals surface area contributed by atoms with Gasteiger partial charge >= 0.3 is 0 Å². The van der Waals surface area contributed by atoms with E-state index >= 15 is 0 Å². The van der Waals surface area contributed by atoms with Crippen molar-refractivity contribution in [3.63, 3.8) is 0 Å². The van der Waals surface area contributed by atoms with E-state index in [1.54, 1.807) is 24.3 Å². The van der Waals surface area contributed by atoms with Crippen LogP contribution in [0.1, 0.15) is 0 Å². The zero-order valence-corrected chi connectivity index (χ0v) is 17.8. The Labute approximate surface area is 186 Å². The van der Waals surface area contributed by atoms with Crippen LogP contribution >= 0.6 is 69.6 Å². The monoisotopic (exact) mass is 486 g/mol. The maximum absolute atomic E-state index is 8.88. The van der Waals surface area contributed by atoms with Crippen LogP contribution in [0.15, 0.2) is 54.6 Å². The number of benzene rings is 3. The quantitative estimate of drug-likeness (QED) is 0.299. The van der Waals surface area contributed by atoms with Crippen LogP contribution in [-0.4, -0.2) is 15.3 Å². The molecule has 3 N–H and O–H groups in total. The second-order valence-corrected chi connectivity index (χ2v) is 7.29. The van der Waals surface area contributed by atoms with Crippen molar-refractivity contribution in [2.45, 2.75) is 0 Å². The van der Waals surface area contributed by atoms with Gasteiger partial charge in [0.25, 0.3) is 0 Å². The fourth-order valence-corrected chi connectivity index (χ4v) is 2.44. The van der Waals surface area contributed by atoms with Gasteiger partial charge in [-0.2, -0.15) is 0 Å². The number of rotatable bonds is 0. The number of phenolic OH excluding ortho intramolecular Hbond substituents is 3. The molecule has 0 aliphatic rings. The predicted molar refractivity (Wildman–Crippen MR) is 114 cm³/mol. The van der Waals surface area contributed by atoms with E-state index in [0.717, 1.165) is 0 Å². The van der Waals surface area contributed by atoms with E-state index in [-0.39, 0.29) is 22.3 Å². The molecule has 0 fully saturated rings. The number of aromatic hydroxyl groups is 3. The Morgan fingerprint density at radius 1 is 0.444 bits per heavy atom. The van der Waals surface area contributed by atoms with Crippen LogP contribution in [-0.2, 0) is 0 Å². The highest BCUT2D eigenvalue weighted by Crippen LogP contribution is 2.26. The van der Waals surface area contributed by atoms with Crippen molar-refractivity contribution < 1.29 is 15.3 Å². The molecule has 0 amide bonds. The molecule has 0 saturated carbocycles. The van der Waals surface area contributed by atoms with Gasteiger partial charge in [0.15, 0.2) is 0 Å². The Hall–Kier alpha value is -1.20. The van der Waals surface area contributed by atoms with Gasteiger partial charge < -0.3 is 15.3 Å². The maximum atomic E-state index is 8.88. The number of phenols is 3. The summed E-state index contributed by atoms with van der Waals surface area (Å²) in [5, 5.41) is 29.0. The second kappa shape index (κ2) is 11.6. The Balaban J connectivity index is 0.000000202. The first kappa shape index (κ1) is 23.8. The van der Waals surface area contributed by atoms with E-state index in [2.05, 4.69) is 0 Å². The SMILES string of the molecule is Oc1cc(Cl)ccc1Cl.Oc1ccc(Cl)c(Cl)c1.Oc1ccc(Cl)cc1Cl. The lowest BCUT2D eigenvalue weighted by Gasteiger charge is -1.93. The first-order valence-corrected chi connectivity index (χ1v) is 9.29. The van der Waals surface area contributed by atoms with Gasteiger partial charge in [-0.05, 0) is 48.5 Å². The molecule has 27 heavy (non-hydrogen) atoms. The second-order valence-electron chi connectivity index (χ2n) is 4.79. The molecule has 0 radical (unpaired) electrons. The van der Waals surface area contributed by atoms with Crippen LogP contribution in [0.4, 0.5) is 0 Å². The van der Waals surface area contributed by atoms with Crippen molar-refractivity contribution >= 4 is 69.6 Å². The summed E-state index contributed by atoms with van der Waals surface area (Å²) in [4.78, 5) is 0. The van der Waals surface area contributed by atoms with Gasteiger partial charge in [-0.3, -0.25) is 0 Å². The minimum Gasteiger partial charge on any atom is -0.508 e. The third kappa shape index (κ3) is 9.02. The summed E-state index contributed by atoms with van der Waals surface area (Å²) in [6.07, 6.45) is 0. The van der Waals surface area contributed by atoms with Crippen LogP contribution in [0.25, 0.3) is 0 Å². The van der Waals surface area contributed by atoms with Crippen LogP contribution in [0.2, 0.25) is 30.1 Å². The smallest absolute Gasteiger partial charge is 0.135 e. The standard InChI is InChI=1S/3C6H4Cl2O/c7-4-1-2-6(9)5(8)3-4;7-5-2-1-4(9)3-6(5)8;7-4-1-2-5(8)6(9)3-4/h3*1-3,9H. The molecule has 0 aliphatic carbocycles. The minimum absolute atomic E-state index is 0.0177. The average molecular weight is 489 g/mol. The molecule has 9 heteroatoms. The van der Waals surface area contributed by atoms with Crippen LogP contribution in [0.3, 0.4) is 0 Å². The van der Waals surface area contributed by atoms with E-state index in [0.29, 0.717) is 25.1 Å². The van der Waals surface area contributed by atoms with E-state index in [1.165, 1.54) is 30.3 Å². The fraction of sp³-hybridized carbons (Fsp3) is 0. The number of hydrogen-bond acceptors (Lipinski definition) is 3. The minimum atomic E-state index is 0.0177. The van der Waals surface area contributed by atoms with Gasteiger partial charge in [-0.15, -0.1) is 0 Å². The Morgan fingerprint density at radius 2 is 1.00 bits per heavy atom. The molecule has 3 nitrogen and oxygen atoms in total. The molecule has 0 saturated heterocycles. The highest BCUT2D eigenvalue weighted by Gasteiger charge is 1.97. The Morgan fingerprint density at radius 3 is 1.44 bits per heavy atom. The molecule has 3 aromatic carbocycles. The normalized spacial score (nSPS) is 9.56. The molecular formula is C18H12Cl6O3. The fourth-order valence-electron chi connectivity index (χ4n) is 1.45. The third-order valence-corrected chi connectivity index (χ3v) is 4.55. The van der Waals surface area contributed by atoms with Crippen molar-refractivity contribution in [1.29, 1.82) is 0 Å². The molecule has 0 bridgehead atoms. The van der Waals surface area contributed by atoms with Gasteiger partial charge in [0.1, 0.15) is 17.2 Å². The molecule has 144 valence electrons. The summed E-state index contributed by atoms with van der Waals surface area (Å²) in [5.74, 6) is 0.203. The van der Waals surface area contributed by atoms with Crippen molar-refractivity contribution in [3.05, 3.63) is 84.7 Å². The highest BCUT2D eigenvalue weighted by molar-refractivity contribution is 6.42. The van der Waals surface area contributed by atoms with Crippen LogP contribution in [0.5, 0.6) is 17.2 Å². The van der Waals surface area contributed by atoms with Gasteiger partial charge in [0.05, 0.1) is 20.1 Å². The summed E-state index contributed by atoms with van der Waals surface area (Å²) >= 11 is 33.0.